The zero-order chi connectivity index (χ0) is 34.0. The van der Waals surface area contributed by atoms with Gasteiger partial charge in [0.15, 0.2) is 0 Å². The van der Waals surface area contributed by atoms with Gasteiger partial charge in [0.1, 0.15) is 18.3 Å². The van der Waals surface area contributed by atoms with Crippen LogP contribution < -0.4 is 14.4 Å². The van der Waals surface area contributed by atoms with Crippen LogP contribution in [0.25, 0.3) is 0 Å². The molecule has 0 aliphatic rings. The van der Waals surface area contributed by atoms with Gasteiger partial charge in [-0.25, -0.2) is 8.42 Å². The minimum Gasteiger partial charge on any atom is -0.492 e. The van der Waals surface area contributed by atoms with Gasteiger partial charge >= 0.3 is 0 Å². The van der Waals surface area contributed by atoms with E-state index in [1.165, 1.54) is 28.8 Å². The predicted octanol–water partition coefficient (Wildman–Crippen LogP) is 7.09. The van der Waals surface area contributed by atoms with E-state index in [1.807, 2.05) is 36.6 Å². The highest BCUT2D eigenvalue weighted by molar-refractivity contribution is 7.98. The predicted molar refractivity (Wildman–Crippen MR) is 190 cm³/mol. The number of para-hydroxylation sites is 2. The lowest BCUT2D eigenvalue weighted by molar-refractivity contribution is -0.140. The van der Waals surface area contributed by atoms with Crippen molar-refractivity contribution in [3.63, 3.8) is 0 Å². The van der Waals surface area contributed by atoms with E-state index in [0.29, 0.717) is 22.2 Å². The summed E-state index contributed by atoms with van der Waals surface area (Å²) in [6.07, 6.45) is 2.06. The smallest absolute Gasteiger partial charge is 0.264 e. The van der Waals surface area contributed by atoms with Crippen LogP contribution in [0.5, 0.6) is 5.75 Å². The summed E-state index contributed by atoms with van der Waals surface area (Å²) in [6.45, 7) is 3.40. The number of amides is 2. The van der Waals surface area contributed by atoms with Crippen molar-refractivity contribution >= 4 is 62.5 Å². The number of carbonyl (C=O) groups is 2. The van der Waals surface area contributed by atoms with Gasteiger partial charge in [-0.15, -0.1) is 11.8 Å². The molecule has 1 atom stereocenters. The van der Waals surface area contributed by atoms with E-state index in [2.05, 4.69) is 5.32 Å². The Kier molecular flexibility index (Phi) is 13.0. The summed E-state index contributed by atoms with van der Waals surface area (Å²) in [4.78, 5) is 30.6. The molecule has 2 amide bonds. The van der Waals surface area contributed by atoms with Crippen LogP contribution in [0.4, 0.5) is 5.69 Å². The van der Waals surface area contributed by atoms with Crippen molar-refractivity contribution in [3.05, 3.63) is 118 Å². The van der Waals surface area contributed by atoms with Gasteiger partial charge in [0.25, 0.3) is 10.0 Å². The van der Waals surface area contributed by atoms with Crippen molar-refractivity contribution in [3.8, 4) is 5.75 Å². The van der Waals surface area contributed by atoms with Crippen molar-refractivity contribution in [1.82, 2.24) is 10.2 Å². The lowest BCUT2D eigenvalue weighted by Gasteiger charge is -2.34. The highest BCUT2D eigenvalue weighted by Crippen LogP contribution is 2.34. The van der Waals surface area contributed by atoms with Gasteiger partial charge < -0.3 is 15.0 Å². The average Bonchev–Trinajstić information content (AvgIpc) is 3.07. The van der Waals surface area contributed by atoms with Crippen LogP contribution in [-0.4, -0.2) is 57.1 Å². The maximum Gasteiger partial charge on any atom is 0.264 e. The number of benzene rings is 4. The molecule has 0 aliphatic heterocycles. The number of ether oxygens (including phenoxy) is 1. The number of anilines is 1. The Bertz CT molecular complexity index is 1750. The fourth-order valence-electron chi connectivity index (χ4n) is 5.03. The highest BCUT2D eigenvalue weighted by Gasteiger charge is 2.36. The summed E-state index contributed by atoms with van der Waals surface area (Å²) in [5.74, 6) is -0.745. The number of thioether (sulfide) groups is 1. The summed E-state index contributed by atoms with van der Waals surface area (Å²) in [6, 6.07) is 26.3. The molecule has 0 saturated carbocycles. The first-order chi connectivity index (χ1) is 22.6. The van der Waals surface area contributed by atoms with Crippen molar-refractivity contribution in [2.75, 3.05) is 30.3 Å². The molecule has 1 N–H and O–H groups in total. The zero-order valence-electron chi connectivity index (χ0n) is 26.4. The zero-order valence-corrected chi connectivity index (χ0v) is 29.5. The molecule has 0 aromatic heterocycles. The molecule has 0 fully saturated rings. The van der Waals surface area contributed by atoms with E-state index in [1.54, 1.807) is 68.4 Å². The Balaban J connectivity index is 1.86. The molecule has 0 aliphatic carbocycles. The molecule has 8 nitrogen and oxygen atoms in total. The summed E-state index contributed by atoms with van der Waals surface area (Å²) in [5, 5.41) is 3.46. The molecule has 0 unspecified atom stereocenters. The second-order valence-corrected chi connectivity index (χ2v) is 14.0. The Hall–Kier alpha value is -3.70. The number of hydrogen-bond donors (Lipinski definition) is 1. The molecule has 4 rings (SSSR count). The number of rotatable bonds is 15. The van der Waals surface area contributed by atoms with Crippen molar-refractivity contribution < 1.29 is 22.7 Å². The van der Waals surface area contributed by atoms with Crippen LogP contribution in [0.2, 0.25) is 10.0 Å². The van der Waals surface area contributed by atoms with Crippen LogP contribution in [0.1, 0.15) is 25.0 Å². The summed E-state index contributed by atoms with van der Waals surface area (Å²) in [5.41, 5.74) is 1.43. The third-order valence-corrected chi connectivity index (χ3v) is 10.6. The van der Waals surface area contributed by atoms with Gasteiger partial charge in [0.2, 0.25) is 11.8 Å². The van der Waals surface area contributed by atoms with E-state index in [9.17, 15) is 18.0 Å². The second-order valence-electron chi connectivity index (χ2n) is 10.4. The van der Waals surface area contributed by atoms with Crippen molar-refractivity contribution in [1.29, 1.82) is 0 Å². The largest absolute Gasteiger partial charge is 0.492 e. The van der Waals surface area contributed by atoms with Crippen LogP contribution in [0.15, 0.2) is 107 Å². The van der Waals surface area contributed by atoms with E-state index < -0.39 is 34.4 Å². The fourth-order valence-corrected chi connectivity index (χ4v) is 7.38. The average molecular weight is 715 g/mol. The SMILES string of the molecule is CCNC(=O)[C@@H](Cc1ccccc1)N(Cc1c(Cl)cccc1Cl)C(=O)CN(c1ccccc1OCC)S(=O)(=O)c1ccc(SC)cc1. The normalized spacial score (nSPS) is 11.9. The number of likely N-dealkylation sites (N-methyl/N-ethyl adjacent to an activating group) is 1. The minimum absolute atomic E-state index is 0.000314. The Morgan fingerprint density at radius 1 is 0.872 bits per heavy atom. The van der Waals surface area contributed by atoms with E-state index >= 15 is 0 Å². The number of carbonyl (C=O) groups excluding carboxylic acids is 2. The van der Waals surface area contributed by atoms with Gasteiger partial charge in [-0.2, -0.15) is 0 Å². The van der Waals surface area contributed by atoms with Gasteiger partial charge in [-0.3, -0.25) is 13.9 Å². The molecule has 0 radical (unpaired) electrons. The fraction of sp³-hybridized carbons (Fsp3) is 0.257. The van der Waals surface area contributed by atoms with Crippen LogP contribution in [0, 0.1) is 0 Å². The Morgan fingerprint density at radius 2 is 1.51 bits per heavy atom. The number of nitrogens with zero attached hydrogens (tertiary/aromatic N) is 2. The molecule has 0 saturated heterocycles. The Labute approximate surface area is 291 Å². The number of sulfonamides is 1. The first kappa shape index (κ1) is 36.1. The molecule has 47 heavy (non-hydrogen) atoms. The molecule has 0 bridgehead atoms. The van der Waals surface area contributed by atoms with E-state index in [-0.39, 0.29) is 35.9 Å². The monoisotopic (exact) mass is 713 g/mol. The number of halogens is 2. The maximum absolute atomic E-state index is 14.7. The molecule has 248 valence electrons. The standard InChI is InChI=1S/C35H37Cl2N3O5S2/c1-4-38-35(42)32(22-25-12-7-6-8-13-25)39(23-28-29(36)14-11-15-30(28)37)34(41)24-40(31-16-9-10-17-33(31)45-5-2)47(43,44)27-20-18-26(46-3)19-21-27/h6-21,32H,4-5,22-24H2,1-3H3,(H,38,42)/t32-/m1/s1. The highest BCUT2D eigenvalue weighted by atomic mass is 35.5. The summed E-state index contributed by atoms with van der Waals surface area (Å²) >= 11 is 14.6. The van der Waals surface area contributed by atoms with E-state index in [4.69, 9.17) is 27.9 Å². The molecular formula is C35H37Cl2N3O5S2. The minimum atomic E-state index is -4.31. The van der Waals surface area contributed by atoms with Crippen LogP contribution >= 0.6 is 35.0 Å². The third kappa shape index (κ3) is 9.01. The lowest BCUT2D eigenvalue weighted by Crippen LogP contribution is -2.53. The molecular weight excluding hydrogens is 677 g/mol. The molecule has 0 heterocycles. The quantitative estimate of drug-likeness (QED) is 0.132. The molecule has 12 heteroatoms. The Morgan fingerprint density at radius 3 is 2.13 bits per heavy atom. The molecule has 4 aromatic rings. The van der Waals surface area contributed by atoms with Gasteiger partial charge in [-0.1, -0.05) is 71.7 Å². The summed E-state index contributed by atoms with van der Waals surface area (Å²) < 4.78 is 35.6. The molecule has 4 aromatic carbocycles. The first-order valence-corrected chi connectivity index (χ1v) is 18.4. The van der Waals surface area contributed by atoms with Crippen molar-refractivity contribution in [2.24, 2.45) is 0 Å². The maximum atomic E-state index is 14.7. The number of hydrogen-bond acceptors (Lipinski definition) is 6. The number of nitrogens with one attached hydrogen (secondary N) is 1. The van der Waals surface area contributed by atoms with Crippen molar-refractivity contribution in [2.45, 2.75) is 42.6 Å². The lowest BCUT2D eigenvalue weighted by atomic mass is 10.0. The molecule has 0 spiro atoms. The second kappa shape index (κ2) is 16.9. The van der Waals surface area contributed by atoms with Gasteiger partial charge in [-0.05, 0) is 74.2 Å². The van der Waals surface area contributed by atoms with Crippen LogP contribution in [0.3, 0.4) is 0 Å². The van der Waals surface area contributed by atoms with Crippen LogP contribution in [-0.2, 0) is 32.6 Å². The van der Waals surface area contributed by atoms with Gasteiger partial charge in [0.05, 0.1) is 17.2 Å². The summed E-state index contributed by atoms with van der Waals surface area (Å²) in [7, 11) is -4.31. The topological polar surface area (TPSA) is 96.0 Å². The third-order valence-electron chi connectivity index (χ3n) is 7.37. The van der Waals surface area contributed by atoms with Gasteiger partial charge in [0, 0.05) is 40.0 Å². The first-order valence-electron chi connectivity index (χ1n) is 15.0. The van der Waals surface area contributed by atoms with E-state index in [0.717, 1.165) is 14.8 Å².